The first-order chi connectivity index (χ1) is 11.2. The zero-order valence-corrected chi connectivity index (χ0v) is 13.4. The van der Waals surface area contributed by atoms with Crippen LogP contribution in [0.15, 0.2) is 54.6 Å². The van der Waals surface area contributed by atoms with Gasteiger partial charge in [-0.05, 0) is 48.6 Å². The summed E-state index contributed by atoms with van der Waals surface area (Å²) >= 11 is 0. The molecule has 1 atom stereocenters. The quantitative estimate of drug-likeness (QED) is 0.508. The molecule has 0 radical (unpaired) electrons. The number of ether oxygens (including phenoxy) is 1. The van der Waals surface area contributed by atoms with Crippen molar-refractivity contribution in [3.63, 3.8) is 0 Å². The fourth-order valence-electron chi connectivity index (χ4n) is 2.69. The van der Waals surface area contributed by atoms with Gasteiger partial charge in [-0.1, -0.05) is 30.3 Å². The number of benzene rings is 2. The highest BCUT2D eigenvalue weighted by Gasteiger charge is 2.12. The van der Waals surface area contributed by atoms with E-state index in [0.717, 1.165) is 30.4 Å². The van der Waals surface area contributed by atoms with Crippen LogP contribution in [0, 0.1) is 0 Å². The van der Waals surface area contributed by atoms with Crippen molar-refractivity contribution in [1.82, 2.24) is 0 Å². The molecule has 0 fully saturated rings. The number of carbonyl (C=O) groups is 2. The van der Waals surface area contributed by atoms with Crippen molar-refractivity contribution in [3.05, 3.63) is 65.7 Å². The molecule has 0 unspecified atom stereocenters. The van der Waals surface area contributed by atoms with E-state index in [2.05, 4.69) is 0 Å². The van der Waals surface area contributed by atoms with E-state index < -0.39 is 0 Å². The molecular weight excluding hydrogens is 288 g/mol. The Hall–Kier alpha value is -2.42. The molecule has 2 aromatic rings. The van der Waals surface area contributed by atoms with Crippen molar-refractivity contribution in [3.8, 4) is 5.75 Å². The summed E-state index contributed by atoms with van der Waals surface area (Å²) in [5.74, 6) is 1.07. The van der Waals surface area contributed by atoms with Gasteiger partial charge in [0, 0.05) is 18.4 Å². The van der Waals surface area contributed by atoms with Gasteiger partial charge in [0.2, 0.25) is 0 Å². The third kappa shape index (κ3) is 5.06. The molecule has 120 valence electrons. The molecule has 0 spiro atoms. The minimum atomic E-state index is 0.130. The van der Waals surface area contributed by atoms with Gasteiger partial charge in [-0.25, -0.2) is 0 Å². The Morgan fingerprint density at radius 3 is 2.39 bits per heavy atom. The molecule has 0 bridgehead atoms. The summed E-state index contributed by atoms with van der Waals surface area (Å²) in [4.78, 5) is 23.1. The molecule has 0 saturated carbocycles. The van der Waals surface area contributed by atoms with E-state index >= 15 is 0 Å². The average Bonchev–Trinajstić information content (AvgIpc) is 2.61. The van der Waals surface area contributed by atoms with E-state index in [1.54, 1.807) is 31.4 Å². The first-order valence-corrected chi connectivity index (χ1v) is 7.90. The van der Waals surface area contributed by atoms with E-state index in [4.69, 9.17) is 4.74 Å². The monoisotopic (exact) mass is 310 g/mol. The van der Waals surface area contributed by atoms with Crippen molar-refractivity contribution < 1.29 is 14.3 Å². The standard InChI is InChI=1S/C20H22O3/c1-23-19-12-10-18(11-13-19)20(22)9-5-8-17(14-15-21)16-6-3-2-4-7-16/h2-4,6-7,10-13,15,17H,5,8-9,14H2,1H3/t17-/m0/s1. The number of hydrogen-bond donors (Lipinski definition) is 0. The Morgan fingerprint density at radius 1 is 1.09 bits per heavy atom. The van der Waals surface area contributed by atoms with Crippen molar-refractivity contribution >= 4 is 12.1 Å². The second-order valence-electron chi connectivity index (χ2n) is 5.55. The summed E-state index contributed by atoms with van der Waals surface area (Å²) in [6, 6.07) is 17.2. The first-order valence-electron chi connectivity index (χ1n) is 7.90. The summed E-state index contributed by atoms with van der Waals surface area (Å²) in [6.45, 7) is 0. The van der Waals surface area contributed by atoms with Crippen LogP contribution in [0.1, 0.15) is 47.5 Å². The van der Waals surface area contributed by atoms with Crippen LogP contribution in [-0.2, 0) is 4.79 Å². The lowest BCUT2D eigenvalue weighted by atomic mass is 9.90. The maximum absolute atomic E-state index is 12.2. The fraction of sp³-hybridized carbons (Fsp3) is 0.300. The second kappa shape index (κ2) is 8.89. The maximum atomic E-state index is 12.2. The highest BCUT2D eigenvalue weighted by atomic mass is 16.5. The molecule has 2 rings (SSSR count). The van der Waals surface area contributed by atoms with Crippen LogP contribution in [0.25, 0.3) is 0 Å². The Balaban J connectivity index is 1.88. The summed E-state index contributed by atoms with van der Waals surface area (Å²) in [6.07, 6.45) is 3.57. The molecule has 0 aliphatic heterocycles. The van der Waals surface area contributed by atoms with Gasteiger partial charge < -0.3 is 9.53 Å². The van der Waals surface area contributed by atoms with E-state index in [1.807, 2.05) is 30.3 Å². The number of hydrogen-bond acceptors (Lipinski definition) is 3. The Bertz CT molecular complexity index is 617. The minimum absolute atomic E-state index is 0.130. The summed E-state index contributed by atoms with van der Waals surface area (Å²) < 4.78 is 5.09. The molecule has 0 heterocycles. The molecule has 0 saturated heterocycles. The smallest absolute Gasteiger partial charge is 0.162 e. The van der Waals surface area contributed by atoms with Crippen LogP contribution >= 0.6 is 0 Å². The lowest BCUT2D eigenvalue weighted by molar-refractivity contribution is -0.108. The molecule has 0 aromatic heterocycles. The molecule has 23 heavy (non-hydrogen) atoms. The fourth-order valence-corrected chi connectivity index (χ4v) is 2.69. The topological polar surface area (TPSA) is 43.4 Å². The zero-order chi connectivity index (χ0) is 16.5. The third-order valence-corrected chi connectivity index (χ3v) is 4.02. The molecule has 2 aromatic carbocycles. The van der Waals surface area contributed by atoms with Gasteiger partial charge in [-0.15, -0.1) is 0 Å². The summed E-state index contributed by atoms with van der Waals surface area (Å²) in [5, 5.41) is 0. The van der Waals surface area contributed by atoms with Crippen LogP contribution < -0.4 is 4.74 Å². The van der Waals surface area contributed by atoms with E-state index in [0.29, 0.717) is 18.4 Å². The van der Waals surface area contributed by atoms with Gasteiger partial charge in [-0.2, -0.15) is 0 Å². The molecular formula is C20H22O3. The highest BCUT2D eigenvalue weighted by molar-refractivity contribution is 5.96. The Labute approximate surface area is 137 Å². The van der Waals surface area contributed by atoms with Gasteiger partial charge in [0.05, 0.1) is 7.11 Å². The van der Waals surface area contributed by atoms with E-state index in [1.165, 1.54) is 0 Å². The highest BCUT2D eigenvalue weighted by Crippen LogP contribution is 2.25. The predicted molar refractivity (Wildman–Crippen MR) is 91.0 cm³/mol. The third-order valence-electron chi connectivity index (χ3n) is 4.02. The molecule has 3 nitrogen and oxygen atoms in total. The van der Waals surface area contributed by atoms with Crippen molar-refractivity contribution in [1.29, 1.82) is 0 Å². The SMILES string of the molecule is COc1ccc(C(=O)CCC[C@@H](CC=O)c2ccccc2)cc1. The normalized spacial score (nSPS) is 11.7. The van der Waals surface area contributed by atoms with Crippen molar-refractivity contribution in [2.75, 3.05) is 7.11 Å². The van der Waals surface area contributed by atoms with Gasteiger partial charge in [0.25, 0.3) is 0 Å². The Morgan fingerprint density at radius 2 is 1.78 bits per heavy atom. The lowest BCUT2D eigenvalue weighted by Crippen LogP contribution is -2.03. The zero-order valence-electron chi connectivity index (χ0n) is 13.4. The average molecular weight is 310 g/mol. The van der Waals surface area contributed by atoms with Crippen LogP contribution in [0.4, 0.5) is 0 Å². The largest absolute Gasteiger partial charge is 0.497 e. The molecule has 0 aliphatic carbocycles. The Kier molecular flexibility index (Phi) is 6.55. The summed E-state index contributed by atoms with van der Waals surface area (Å²) in [5.41, 5.74) is 1.87. The lowest BCUT2D eigenvalue weighted by Gasteiger charge is -2.14. The van der Waals surface area contributed by atoms with Crippen molar-refractivity contribution in [2.24, 2.45) is 0 Å². The van der Waals surface area contributed by atoms with E-state index in [9.17, 15) is 9.59 Å². The van der Waals surface area contributed by atoms with Gasteiger partial charge in [-0.3, -0.25) is 4.79 Å². The van der Waals surface area contributed by atoms with Crippen molar-refractivity contribution in [2.45, 2.75) is 31.6 Å². The molecule has 0 N–H and O–H groups in total. The predicted octanol–water partition coefficient (Wildman–Crippen LogP) is 4.42. The molecule has 3 heteroatoms. The first kappa shape index (κ1) is 16.9. The van der Waals surface area contributed by atoms with Crippen LogP contribution in [-0.4, -0.2) is 19.2 Å². The number of Topliss-reactive ketones (excluding diaryl/α,β-unsaturated/α-hetero) is 1. The van der Waals surface area contributed by atoms with Crippen LogP contribution in [0.2, 0.25) is 0 Å². The number of carbonyl (C=O) groups excluding carboxylic acids is 2. The number of methoxy groups -OCH3 is 1. The number of aldehydes is 1. The summed E-state index contributed by atoms with van der Waals surface area (Å²) in [7, 11) is 1.60. The number of ketones is 1. The molecule has 0 amide bonds. The van der Waals surface area contributed by atoms with Gasteiger partial charge >= 0.3 is 0 Å². The minimum Gasteiger partial charge on any atom is -0.497 e. The maximum Gasteiger partial charge on any atom is 0.162 e. The number of rotatable bonds is 9. The van der Waals surface area contributed by atoms with E-state index in [-0.39, 0.29) is 11.7 Å². The van der Waals surface area contributed by atoms with Gasteiger partial charge in [0.15, 0.2) is 5.78 Å². The van der Waals surface area contributed by atoms with Gasteiger partial charge in [0.1, 0.15) is 12.0 Å². The molecule has 0 aliphatic rings. The van der Waals surface area contributed by atoms with Crippen LogP contribution in [0.3, 0.4) is 0 Å². The second-order valence-corrected chi connectivity index (χ2v) is 5.55. The van der Waals surface area contributed by atoms with Crippen LogP contribution in [0.5, 0.6) is 5.75 Å².